The first kappa shape index (κ1) is 13.3. The molecule has 9 heteroatoms. The van der Waals surface area contributed by atoms with Crippen molar-refractivity contribution in [2.45, 2.75) is 18.7 Å². The summed E-state index contributed by atoms with van der Waals surface area (Å²) in [6.45, 7) is 2.99. The summed E-state index contributed by atoms with van der Waals surface area (Å²) >= 11 is 0. The van der Waals surface area contributed by atoms with Gasteiger partial charge in [-0.2, -0.15) is 4.98 Å². The van der Waals surface area contributed by atoms with Crippen LogP contribution in [0.2, 0.25) is 0 Å². The molecule has 19 heavy (non-hydrogen) atoms. The molecule has 0 radical (unpaired) electrons. The van der Waals surface area contributed by atoms with Crippen LogP contribution in [0, 0.1) is 19.7 Å². The predicted molar refractivity (Wildman–Crippen MR) is 65.4 cm³/mol. The van der Waals surface area contributed by atoms with Gasteiger partial charge in [0.1, 0.15) is 5.82 Å². The van der Waals surface area contributed by atoms with E-state index in [1.807, 2.05) is 4.72 Å². The third kappa shape index (κ3) is 2.65. The van der Waals surface area contributed by atoms with Crippen LogP contribution in [0.3, 0.4) is 0 Å². The molecule has 0 atom stereocenters. The smallest absolute Gasteiger partial charge is 0.335 e. The zero-order valence-corrected chi connectivity index (χ0v) is 11.0. The van der Waals surface area contributed by atoms with E-state index in [9.17, 15) is 12.8 Å². The summed E-state index contributed by atoms with van der Waals surface area (Å²) in [5.74, 6) is -0.436. The van der Waals surface area contributed by atoms with Gasteiger partial charge in [-0.05, 0) is 26.0 Å². The van der Waals surface area contributed by atoms with Gasteiger partial charge in [-0.25, -0.2) is 17.5 Å². The van der Waals surface area contributed by atoms with E-state index in [1.54, 1.807) is 0 Å². The van der Waals surface area contributed by atoms with Crippen molar-refractivity contribution in [3.8, 4) is 0 Å². The van der Waals surface area contributed by atoms with E-state index in [4.69, 9.17) is 5.73 Å². The SMILES string of the molecule is Cc1noc(NS(=O)(=O)c2cc(N)c(C)c(F)c2)n1. The maximum Gasteiger partial charge on any atom is 0.335 e. The first-order valence-corrected chi connectivity index (χ1v) is 6.66. The number of aromatic nitrogens is 2. The molecular weight excluding hydrogens is 275 g/mol. The third-order valence-corrected chi connectivity index (χ3v) is 3.72. The van der Waals surface area contributed by atoms with Crippen LogP contribution < -0.4 is 10.5 Å². The van der Waals surface area contributed by atoms with Crippen molar-refractivity contribution in [3.63, 3.8) is 0 Å². The lowest BCUT2D eigenvalue weighted by Crippen LogP contribution is -2.14. The van der Waals surface area contributed by atoms with Crippen molar-refractivity contribution in [2.75, 3.05) is 10.5 Å². The molecule has 1 heterocycles. The fraction of sp³-hybridized carbons (Fsp3) is 0.200. The molecule has 0 amide bonds. The maximum atomic E-state index is 13.5. The monoisotopic (exact) mass is 286 g/mol. The topological polar surface area (TPSA) is 111 Å². The van der Waals surface area contributed by atoms with Gasteiger partial charge in [-0.3, -0.25) is 0 Å². The van der Waals surface area contributed by atoms with Gasteiger partial charge in [-0.15, -0.1) is 0 Å². The number of nitrogens with zero attached hydrogens (tertiary/aromatic N) is 2. The fourth-order valence-electron chi connectivity index (χ4n) is 1.34. The molecule has 102 valence electrons. The van der Waals surface area contributed by atoms with Crippen LogP contribution in [-0.2, 0) is 10.0 Å². The predicted octanol–water partition coefficient (Wildman–Crippen LogP) is 1.21. The highest BCUT2D eigenvalue weighted by Gasteiger charge is 2.20. The van der Waals surface area contributed by atoms with Crippen LogP contribution in [-0.4, -0.2) is 18.6 Å². The number of sulfonamides is 1. The number of hydrogen-bond acceptors (Lipinski definition) is 6. The summed E-state index contributed by atoms with van der Waals surface area (Å²) in [5.41, 5.74) is 5.76. The van der Waals surface area contributed by atoms with Crippen molar-refractivity contribution < 1.29 is 17.3 Å². The van der Waals surface area contributed by atoms with Crippen molar-refractivity contribution in [1.82, 2.24) is 10.1 Å². The van der Waals surface area contributed by atoms with Crippen LogP contribution in [0.25, 0.3) is 0 Å². The largest absolute Gasteiger partial charge is 0.398 e. The molecule has 2 aromatic rings. The number of nitrogens with one attached hydrogen (secondary N) is 1. The molecular formula is C10H11FN4O3S. The molecule has 2 rings (SSSR count). The lowest BCUT2D eigenvalue weighted by Gasteiger charge is -2.07. The van der Waals surface area contributed by atoms with Gasteiger partial charge < -0.3 is 10.3 Å². The Hall–Kier alpha value is -2.16. The molecule has 0 saturated carbocycles. The van der Waals surface area contributed by atoms with Crippen molar-refractivity contribution >= 4 is 21.7 Å². The van der Waals surface area contributed by atoms with E-state index in [0.29, 0.717) is 0 Å². The highest BCUT2D eigenvalue weighted by molar-refractivity contribution is 7.92. The minimum absolute atomic E-state index is 0.0436. The Kier molecular flexibility index (Phi) is 3.14. The fourth-order valence-corrected chi connectivity index (χ4v) is 2.31. The Balaban J connectivity index is 2.40. The number of rotatable bonds is 3. The minimum Gasteiger partial charge on any atom is -0.398 e. The molecule has 0 unspecified atom stereocenters. The molecule has 0 bridgehead atoms. The first-order valence-electron chi connectivity index (χ1n) is 5.18. The molecule has 3 N–H and O–H groups in total. The van der Waals surface area contributed by atoms with Crippen LogP contribution in [0.5, 0.6) is 0 Å². The quantitative estimate of drug-likeness (QED) is 0.820. The van der Waals surface area contributed by atoms with Crippen molar-refractivity contribution in [3.05, 3.63) is 29.3 Å². The van der Waals surface area contributed by atoms with E-state index >= 15 is 0 Å². The van der Waals surface area contributed by atoms with Crippen molar-refractivity contribution in [2.24, 2.45) is 0 Å². The van der Waals surface area contributed by atoms with Gasteiger partial charge >= 0.3 is 6.01 Å². The Labute approximate surface area is 108 Å². The number of aryl methyl sites for hydroxylation is 1. The number of nitrogen functional groups attached to an aromatic ring is 1. The van der Waals surface area contributed by atoms with Crippen LogP contribution in [0.4, 0.5) is 16.1 Å². The molecule has 0 fully saturated rings. The Morgan fingerprint density at radius 3 is 2.58 bits per heavy atom. The normalized spacial score (nSPS) is 11.5. The van der Waals surface area contributed by atoms with Crippen LogP contribution >= 0.6 is 0 Å². The molecule has 0 spiro atoms. The molecule has 1 aromatic heterocycles. The second-order valence-electron chi connectivity index (χ2n) is 3.87. The Bertz CT molecular complexity index is 703. The number of hydrogen-bond donors (Lipinski definition) is 2. The molecule has 7 nitrogen and oxygen atoms in total. The highest BCUT2D eigenvalue weighted by atomic mass is 32.2. The molecule has 0 aliphatic rings. The summed E-state index contributed by atoms with van der Waals surface area (Å²) in [7, 11) is -4.03. The van der Waals surface area contributed by atoms with Crippen molar-refractivity contribution in [1.29, 1.82) is 0 Å². The number of anilines is 2. The molecule has 1 aromatic carbocycles. The van der Waals surface area contributed by atoms with Gasteiger partial charge in [0.15, 0.2) is 5.82 Å². The van der Waals surface area contributed by atoms with Gasteiger partial charge in [0.05, 0.1) is 4.90 Å². The zero-order chi connectivity index (χ0) is 14.2. The van der Waals surface area contributed by atoms with Gasteiger partial charge in [0, 0.05) is 11.3 Å². The third-order valence-electron chi connectivity index (χ3n) is 2.42. The number of benzene rings is 1. The summed E-state index contributed by atoms with van der Waals surface area (Å²) in [6.07, 6.45) is 0. The van der Waals surface area contributed by atoms with E-state index in [0.717, 1.165) is 12.1 Å². The van der Waals surface area contributed by atoms with Gasteiger partial charge in [-0.1, -0.05) is 5.16 Å². The number of nitrogens with two attached hydrogens (primary N) is 1. The molecule has 0 aliphatic heterocycles. The molecule has 0 aliphatic carbocycles. The average Bonchev–Trinajstić information content (AvgIpc) is 2.70. The lowest BCUT2D eigenvalue weighted by molar-refractivity contribution is 0.429. The first-order chi connectivity index (χ1) is 8.79. The zero-order valence-electron chi connectivity index (χ0n) is 10.1. The van der Waals surface area contributed by atoms with E-state index in [1.165, 1.54) is 13.8 Å². The highest BCUT2D eigenvalue weighted by Crippen LogP contribution is 2.22. The second-order valence-corrected chi connectivity index (χ2v) is 5.55. The summed E-state index contributed by atoms with van der Waals surface area (Å²) in [5, 5.41) is 3.43. The average molecular weight is 286 g/mol. The second kappa shape index (κ2) is 4.50. The van der Waals surface area contributed by atoms with E-state index in [2.05, 4.69) is 14.7 Å². The maximum absolute atomic E-state index is 13.5. The van der Waals surface area contributed by atoms with Gasteiger partial charge in [0.2, 0.25) is 0 Å². The van der Waals surface area contributed by atoms with Crippen LogP contribution in [0.1, 0.15) is 11.4 Å². The molecule has 0 saturated heterocycles. The minimum atomic E-state index is -4.03. The number of halogens is 1. The summed E-state index contributed by atoms with van der Waals surface area (Å²) in [6, 6.07) is 1.73. The summed E-state index contributed by atoms with van der Waals surface area (Å²) in [4.78, 5) is 3.37. The summed E-state index contributed by atoms with van der Waals surface area (Å²) < 4.78 is 44.1. The van der Waals surface area contributed by atoms with E-state index in [-0.39, 0.29) is 28.0 Å². The standard InChI is InChI=1S/C10H11FN4O3S/c1-5-8(11)3-7(4-9(5)12)19(16,17)15-10-13-6(2)14-18-10/h3-4H,12H2,1-2H3,(H,13,14,15). The Morgan fingerprint density at radius 2 is 2.05 bits per heavy atom. The van der Waals surface area contributed by atoms with Crippen LogP contribution in [0.15, 0.2) is 21.6 Å². The van der Waals surface area contributed by atoms with Gasteiger partial charge in [0.25, 0.3) is 10.0 Å². The Morgan fingerprint density at radius 1 is 1.37 bits per heavy atom. The lowest BCUT2D eigenvalue weighted by atomic mass is 10.2. The van der Waals surface area contributed by atoms with E-state index < -0.39 is 15.8 Å².